The molecular weight excluding hydrogens is 352 g/mol. The molecule has 0 unspecified atom stereocenters. The Morgan fingerprint density at radius 3 is 2.04 bits per heavy atom. The molecule has 2 nitrogen and oxygen atoms in total. The molecule has 4 rings (SSSR count). The minimum Gasteiger partial charge on any atom is -0.507 e. The Labute approximate surface area is 142 Å². The molecule has 1 aromatic heterocycles. The van der Waals surface area contributed by atoms with Crippen LogP contribution in [-0.4, -0.2) is 5.11 Å². The summed E-state index contributed by atoms with van der Waals surface area (Å²) in [5.41, 5.74) is 3.57. The topological polar surface area (TPSA) is 33.4 Å². The van der Waals surface area contributed by atoms with E-state index in [-0.39, 0.29) is 5.75 Å². The number of benzene rings is 3. The number of hydrogen-bond donors (Lipinski definition) is 1. The number of phenolic OH excluding ortho intramolecular Hbond substituents is 1. The average molecular weight is 365 g/mol. The van der Waals surface area contributed by atoms with E-state index in [1.807, 2.05) is 66.7 Å². The summed E-state index contributed by atoms with van der Waals surface area (Å²) < 4.78 is 6.87. The third kappa shape index (κ3) is 2.43. The molecule has 0 amide bonds. The number of fused-ring (bicyclic) bond motifs is 1. The number of hydrogen-bond acceptors (Lipinski definition) is 2. The van der Waals surface area contributed by atoms with E-state index < -0.39 is 0 Å². The van der Waals surface area contributed by atoms with Crippen LogP contribution in [0.15, 0.2) is 81.7 Å². The van der Waals surface area contributed by atoms with Crippen molar-refractivity contribution in [3.8, 4) is 28.2 Å². The number of furan rings is 1. The quantitative estimate of drug-likeness (QED) is 0.456. The highest BCUT2D eigenvalue weighted by Crippen LogP contribution is 2.42. The number of phenols is 1. The maximum Gasteiger partial charge on any atom is 0.153 e. The van der Waals surface area contributed by atoms with Gasteiger partial charge in [-0.25, -0.2) is 0 Å². The highest BCUT2D eigenvalue weighted by atomic mass is 79.9. The van der Waals surface area contributed by atoms with Crippen LogP contribution in [0, 0.1) is 0 Å². The van der Waals surface area contributed by atoms with Crippen molar-refractivity contribution in [2.45, 2.75) is 0 Å². The van der Waals surface area contributed by atoms with Gasteiger partial charge in [-0.2, -0.15) is 0 Å². The van der Waals surface area contributed by atoms with Crippen molar-refractivity contribution >= 4 is 26.9 Å². The van der Waals surface area contributed by atoms with Gasteiger partial charge in [0, 0.05) is 11.1 Å². The van der Waals surface area contributed by atoms with E-state index in [9.17, 15) is 5.11 Å². The fraction of sp³-hybridized carbons (Fsp3) is 0. The van der Waals surface area contributed by atoms with E-state index in [1.165, 1.54) is 0 Å². The van der Waals surface area contributed by atoms with Crippen LogP contribution in [0.3, 0.4) is 0 Å². The maximum atomic E-state index is 10.4. The lowest BCUT2D eigenvalue weighted by Crippen LogP contribution is -1.81. The molecule has 0 aliphatic heterocycles. The summed E-state index contributed by atoms with van der Waals surface area (Å²) in [5, 5.41) is 11.1. The van der Waals surface area contributed by atoms with Gasteiger partial charge in [-0.1, -0.05) is 60.7 Å². The molecule has 0 aliphatic rings. The van der Waals surface area contributed by atoms with Gasteiger partial charge < -0.3 is 9.52 Å². The second-order valence-electron chi connectivity index (χ2n) is 5.34. The zero-order chi connectivity index (χ0) is 15.8. The summed E-state index contributed by atoms with van der Waals surface area (Å²) in [4.78, 5) is 0. The van der Waals surface area contributed by atoms with Crippen molar-refractivity contribution in [2.75, 3.05) is 0 Å². The van der Waals surface area contributed by atoms with Crippen LogP contribution in [0.25, 0.3) is 33.4 Å². The van der Waals surface area contributed by atoms with Gasteiger partial charge in [0.25, 0.3) is 0 Å². The highest BCUT2D eigenvalue weighted by molar-refractivity contribution is 9.10. The highest BCUT2D eigenvalue weighted by Gasteiger charge is 2.16. The Morgan fingerprint density at radius 1 is 0.783 bits per heavy atom. The molecule has 3 heteroatoms. The maximum absolute atomic E-state index is 10.4. The smallest absolute Gasteiger partial charge is 0.153 e. The Hall–Kier alpha value is -2.52. The first-order chi connectivity index (χ1) is 11.2. The van der Waals surface area contributed by atoms with Crippen LogP contribution in [0.4, 0.5) is 0 Å². The lowest BCUT2D eigenvalue weighted by atomic mass is 10.0. The second kappa shape index (κ2) is 5.60. The molecule has 0 radical (unpaired) electrons. The fourth-order valence-corrected chi connectivity index (χ4v) is 3.35. The van der Waals surface area contributed by atoms with E-state index in [1.54, 1.807) is 6.07 Å². The fourth-order valence-electron chi connectivity index (χ4n) is 2.72. The summed E-state index contributed by atoms with van der Waals surface area (Å²) in [6.45, 7) is 0. The van der Waals surface area contributed by atoms with Gasteiger partial charge in [-0.3, -0.25) is 0 Å². The lowest BCUT2D eigenvalue weighted by molar-refractivity contribution is 0.481. The first kappa shape index (κ1) is 14.1. The van der Waals surface area contributed by atoms with Crippen LogP contribution in [0.5, 0.6) is 5.75 Å². The van der Waals surface area contributed by atoms with Crippen LogP contribution in [-0.2, 0) is 0 Å². The van der Waals surface area contributed by atoms with Crippen molar-refractivity contribution in [3.63, 3.8) is 0 Å². The third-order valence-corrected chi connectivity index (χ3v) is 4.66. The first-order valence-corrected chi connectivity index (χ1v) is 8.09. The van der Waals surface area contributed by atoms with Gasteiger partial charge in [-0.05, 0) is 33.6 Å². The zero-order valence-corrected chi connectivity index (χ0v) is 13.7. The van der Waals surface area contributed by atoms with E-state index >= 15 is 0 Å². The Morgan fingerprint density at radius 2 is 1.39 bits per heavy atom. The van der Waals surface area contributed by atoms with E-state index in [0.717, 1.165) is 26.9 Å². The molecule has 1 N–H and O–H groups in total. The van der Waals surface area contributed by atoms with Crippen molar-refractivity contribution in [1.29, 1.82) is 0 Å². The number of rotatable bonds is 2. The van der Waals surface area contributed by atoms with E-state index in [4.69, 9.17) is 4.42 Å². The molecule has 0 saturated heterocycles. The molecule has 0 bridgehead atoms. The molecule has 0 fully saturated rings. The lowest BCUT2D eigenvalue weighted by Gasteiger charge is -2.06. The molecule has 0 spiro atoms. The monoisotopic (exact) mass is 364 g/mol. The second-order valence-corrected chi connectivity index (χ2v) is 6.14. The zero-order valence-electron chi connectivity index (χ0n) is 12.2. The molecule has 0 aliphatic carbocycles. The normalized spacial score (nSPS) is 11.0. The Kier molecular flexibility index (Phi) is 3.43. The van der Waals surface area contributed by atoms with Crippen molar-refractivity contribution in [3.05, 3.63) is 77.3 Å². The molecule has 3 aromatic carbocycles. The number of aromatic hydroxyl groups is 1. The van der Waals surface area contributed by atoms with Crippen LogP contribution < -0.4 is 0 Å². The molecule has 1 heterocycles. The molecule has 0 atom stereocenters. The molecule has 0 saturated carbocycles. The number of halogens is 1. The van der Waals surface area contributed by atoms with Gasteiger partial charge in [0.05, 0.1) is 9.86 Å². The largest absolute Gasteiger partial charge is 0.507 e. The SMILES string of the molecule is Oc1cc(-c2ccccc2)c(Br)c2oc(-c3ccccc3)cc12. The van der Waals surface area contributed by atoms with E-state index in [2.05, 4.69) is 15.9 Å². The van der Waals surface area contributed by atoms with Crippen LogP contribution in [0.1, 0.15) is 0 Å². The average Bonchev–Trinajstić information content (AvgIpc) is 3.06. The minimum absolute atomic E-state index is 0.216. The van der Waals surface area contributed by atoms with Crippen LogP contribution >= 0.6 is 15.9 Å². The summed E-state index contributed by atoms with van der Waals surface area (Å²) in [5.74, 6) is 0.954. The molecule has 4 aromatic rings. The van der Waals surface area contributed by atoms with Crippen LogP contribution in [0.2, 0.25) is 0 Å². The van der Waals surface area contributed by atoms with Crippen molar-refractivity contribution in [2.24, 2.45) is 0 Å². The predicted molar refractivity (Wildman–Crippen MR) is 96.5 cm³/mol. The molecule has 23 heavy (non-hydrogen) atoms. The molecule has 112 valence electrons. The minimum atomic E-state index is 0.216. The first-order valence-electron chi connectivity index (χ1n) is 7.30. The van der Waals surface area contributed by atoms with Crippen molar-refractivity contribution < 1.29 is 9.52 Å². The predicted octanol–water partition coefficient (Wildman–Crippen LogP) is 6.23. The van der Waals surface area contributed by atoms with Gasteiger partial charge in [0.1, 0.15) is 11.5 Å². The summed E-state index contributed by atoms with van der Waals surface area (Å²) >= 11 is 3.63. The molecular formula is C20H13BrO2. The van der Waals surface area contributed by atoms with Gasteiger partial charge in [0.15, 0.2) is 5.58 Å². The van der Waals surface area contributed by atoms with Crippen molar-refractivity contribution in [1.82, 2.24) is 0 Å². The Bertz CT molecular complexity index is 973. The van der Waals surface area contributed by atoms with Gasteiger partial charge >= 0.3 is 0 Å². The summed E-state index contributed by atoms with van der Waals surface area (Å²) in [7, 11) is 0. The third-order valence-electron chi connectivity index (χ3n) is 3.87. The summed E-state index contributed by atoms with van der Waals surface area (Å²) in [6, 6.07) is 23.4. The summed E-state index contributed by atoms with van der Waals surface area (Å²) in [6.07, 6.45) is 0. The Balaban J connectivity index is 1.95. The van der Waals surface area contributed by atoms with E-state index in [0.29, 0.717) is 11.0 Å². The van der Waals surface area contributed by atoms with Gasteiger partial charge in [0.2, 0.25) is 0 Å². The standard InChI is InChI=1S/C20H13BrO2/c21-19-15(13-7-3-1-4-8-13)11-17(22)16-12-18(23-20(16)19)14-9-5-2-6-10-14/h1-12,22H. The van der Waals surface area contributed by atoms with Gasteiger partial charge in [-0.15, -0.1) is 0 Å².